The molecule has 0 aromatic carbocycles. The Morgan fingerprint density at radius 3 is 2.57 bits per heavy atom. The van der Waals surface area contributed by atoms with Gasteiger partial charge in [-0.25, -0.2) is 0 Å². The van der Waals surface area contributed by atoms with Gasteiger partial charge in [0.15, 0.2) is 0 Å². The minimum Gasteiger partial charge on any atom is -0.382 e. The van der Waals surface area contributed by atoms with Gasteiger partial charge in [-0.15, -0.1) is 11.8 Å². The molecule has 3 N–H and O–H groups in total. The first kappa shape index (κ1) is 25.2. The van der Waals surface area contributed by atoms with Gasteiger partial charge in [0.25, 0.3) is 0 Å². The van der Waals surface area contributed by atoms with E-state index in [1.807, 2.05) is 0 Å². The lowest BCUT2D eigenvalue weighted by molar-refractivity contribution is -0.137. The number of ether oxygens (including phenoxy) is 3. The Morgan fingerprint density at radius 1 is 1.07 bits per heavy atom. The van der Waals surface area contributed by atoms with Gasteiger partial charge in [0, 0.05) is 25.8 Å². The first-order chi connectivity index (χ1) is 13.7. The van der Waals surface area contributed by atoms with Gasteiger partial charge >= 0.3 is 0 Å². The molecule has 2 amide bonds. The Morgan fingerprint density at radius 2 is 1.79 bits per heavy atom. The molecule has 0 aliphatic carbocycles. The number of nitrogens with one attached hydrogen (secondary N) is 1. The third-order valence-electron chi connectivity index (χ3n) is 4.46. The average Bonchev–Trinajstić information content (AvgIpc) is 3.14. The summed E-state index contributed by atoms with van der Waals surface area (Å²) in [5, 5.41) is 2.97. The third-order valence-corrected chi connectivity index (χ3v) is 5.54. The van der Waals surface area contributed by atoms with Crippen molar-refractivity contribution in [2.45, 2.75) is 44.6 Å². The van der Waals surface area contributed by atoms with E-state index in [0.717, 1.165) is 44.4 Å². The fourth-order valence-corrected chi connectivity index (χ4v) is 4.07. The lowest BCUT2D eigenvalue weighted by Gasteiger charge is -2.23. The molecule has 1 atom stereocenters. The van der Waals surface area contributed by atoms with Crippen LogP contribution in [0.5, 0.6) is 0 Å². The topological polar surface area (TPSA) is 103 Å². The molecule has 0 aromatic rings. The van der Waals surface area contributed by atoms with Gasteiger partial charge in [0.1, 0.15) is 6.61 Å². The molecule has 9 heteroatoms. The van der Waals surface area contributed by atoms with E-state index in [-0.39, 0.29) is 24.5 Å². The molecule has 0 aromatic heterocycles. The lowest BCUT2D eigenvalue weighted by Crippen LogP contribution is -2.42. The first-order valence-electron chi connectivity index (χ1n) is 10.2. The van der Waals surface area contributed by atoms with Gasteiger partial charge in [-0.3, -0.25) is 9.59 Å². The first-order valence-corrected chi connectivity index (χ1v) is 11.3. The summed E-state index contributed by atoms with van der Waals surface area (Å²) in [5.41, 5.74) is 5.47. The molecule has 0 spiro atoms. The summed E-state index contributed by atoms with van der Waals surface area (Å²) in [6, 6.07) is -0.0522. The SMILES string of the molecule is COCCOCCOCC(=O)N1CSCC1CC(=O)NCCCCCCCN. The number of hydrogen-bond donors (Lipinski definition) is 2. The van der Waals surface area contributed by atoms with Crippen molar-refractivity contribution in [1.82, 2.24) is 10.2 Å². The van der Waals surface area contributed by atoms with Crippen LogP contribution in [0.25, 0.3) is 0 Å². The molecule has 1 rings (SSSR count). The zero-order chi connectivity index (χ0) is 20.5. The van der Waals surface area contributed by atoms with Crippen LogP contribution in [-0.2, 0) is 23.8 Å². The highest BCUT2D eigenvalue weighted by atomic mass is 32.2. The van der Waals surface area contributed by atoms with E-state index in [4.69, 9.17) is 19.9 Å². The van der Waals surface area contributed by atoms with E-state index in [2.05, 4.69) is 5.32 Å². The Kier molecular flexibility index (Phi) is 15.3. The molecule has 0 bridgehead atoms. The van der Waals surface area contributed by atoms with E-state index in [1.165, 1.54) is 0 Å². The Balaban J connectivity index is 2.12. The number of unbranched alkanes of at least 4 members (excludes halogenated alkanes) is 4. The maximum atomic E-state index is 12.3. The zero-order valence-electron chi connectivity index (χ0n) is 17.2. The molecule has 1 unspecified atom stereocenters. The van der Waals surface area contributed by atoms with Gasteiger partial charge in [0.05, 0.1) is 38.3 Å². The van der Waals surface area contributed by atoms with Gasteiger partial charge in [0.2, 0.25) is 11.8 Å². The number of thioether (sulfide) groups is 1. The lowest BCUT2D eigenvalue weighted by atomic mass is 10.1. The van der Waals surface area contributed by atoms with Crippen molar-refractivity contribution in [2.75, 3.05) is 64.9 Å². The number of carbonyl (C=O) groups is 2. The van der Waals surface area contributed by atoms with Crippen LogP contribution in [-0.4, -0.2) is 87.6 Å². The molecular weight excluding hydrogens is 382 g/mol. The highest BCUT2D eigenvalue weighted by Crippen LogP contribution is 2.23. The van der Waals surface area contributed by atoms with Gasteiger partial charge in [-0.1, -0.05) is 19.3 Å². The van der Waals surface area contributed by atoms with Crippen LogP contribution in [0, 0.1) is 0 Å². The molecule has 164 valence electrons. The second-order valence-corrected chi connectivity index (χ2v) is 7.79. The van der Waals surface area contributed by atoms with Crippen LogP contribution in [0.15, 0.2) is 0 Å². The van der Waals surface area contributed by atoms with Crippen LogP contribution in [0.3, 0.4) is 0 Å². The highest BCUT2D eigenvalue weighted by molar-refractivity contribution is 7.99. The minimum absolute atomic E-state index is 0.0136. The predicted octanol–water partition coefficient (Wildman–Crippen LogP) is 0.983. The number of amides is 2. The summed E-state index contributed by atoms with van der Waals surface area (Å²) in [5.74, 6) is 1.35. The number of carbonyl (C=O) groups excluding carboxylic acids is 2. The standard InChI is InChI=1S/C19H37N3O5S/c1-25-9-10-26-11-12-27-14-19(24)22-16-28-15-17(22)13-18(23)21-8-6-4-2-3-5-7-20/h17H,2-16,20H2,1H3,(H,21,23). The molecule has 1 heterocycles. The van der Waals surface area contributed by atoms with E-state index in [1.54, 1.807) is 23.8 Å². The van der Waals surface area contributed by atoms with E-state index < -0.39 is 0 Å². The van der Waals surface area contributed by atoms with Crippen molar-refractivity contribution in [1.29, 1.82) is 0 Å². The second-order valence-electron chi connectivity index (χ2n) is 6.79. The molecule has 1 aliphatic heterocycles. The molecular formula is C19H37N3O5S. The van der Waals surface area contributed by atoms with Crippen LogP contribution in [0.4, 0.5) is 0 Å². The summed E-state index contributed by atoms with van der Waals surface area (Å²) in [4.78, 5) is 26.3. The van der Waals surface area contributed by atoms with E-state index in [9.17, 15) is 9.59 Å². The summed E-state index contributed by atoms with van der Waals surface area (Å²) < 4.78 is 15.6. The van der Waals surface area contributed by atoms with Crippen molar-refractivity contribution >= 4 is 23.6 Å². The average molecular weight is 420 g/mol. The smallest absolute Gasteiger partial charge is 0.249 e. The second kappa shape index (κ2) is 17.0. The Hall–Kier alpha value is -0.870. The minimum atomic E-state index is -0.0698. The van der Waals surface area contributed by atoms with Gasteiger partial charge < -0.3 is 30.2 Å². The molecule has 1 fully saturated rings. The van der Waals surface area contributed by atoms with Crippen LogP contribution >= 0.6 is 11.8 Å². The molecule has 8 nitrogen and oxygen atoms in total. The summed E-state index contributed by atoms with van der Waals surface area (Å²) >= 11 is 1.67. The number of nitrogens with zero attached hydrogens (tertiary/aromatic N) is 1. The molecule has 1 saturated heterocycles. The normalized spacial score (nSPS) is 16.5. The van der Waals surface area contributed by atoms with Crippen LogP contribution < -0.4 is 11.1 Å². The van der Waals surface area contributed by atoms with Crippen molar-refractivity contribution in [3.63, 3.8) is 0 Å². The summed E-state index contributed by atoms with van der Waals surface area (Å²) in [6.45, 7) is 3.33. The van der Waals surface area contributed by atoms with Crippen LogP contribution in [0.1, 0.15) is 38.5 Å². The monoisotopic (exact) mass is 419 g/mol. The highest BCUT2D eigenvalue weighted by Gasteiger charge is 2.30. The molecule has 1 aliphatic rings. The largest absolute Gasteiger partial charge is 0.382 e. The molecule has 0 radical (unpaired) electrons. The maximum absolute atomic E-state index is 12.3. The number of methoxy groups -OCH3 is 1. The number of rotatable bonds is 17. The van der Waals surface area contributed by atoms with Crippen molar-refractivity contribution in [2.24, 2.45) is 5.73 Å². The van der Waals surface area contributed by atoms with E-state index >= 15 is 0 Å². The van der Waals surface area contributed by atoms with E-state index in [0.29, 0.717) is 45.3 Å². The quantitative estimate of drug-likeness (QED) is 0.339. The summed E-state index contributed by atoms with van der Waals surface area (Å²) in [7, 11) is 1.62. The Bertz CT molecular complexity index is 428. The number of nitrogens with two attached hydrogens (primary N) is 1. The Labute approximate surface area is 173 Å². The molecule has 28 heavy (non-hydrogen) atoms. The fraction of sp³-hybridized carbons (Fsp3) is 0.895. The molecule has 0 saturated carbocycles. The zero-order valence-corrected chi connectivity index (χ0v) is 18.0. The third kappa shape index (κ3) is 11.9. The maximum Gasteiger partial charge on any atom is 0.249 e. The van der Waals surface area contributed by atoms with Gasteiger partial charge in [-0.05, 0) is 19.4 Å². The van der Waals surface area contributed by atoms with Crippen molar-refractivity contribution in [3.05, 3.63) is 0 Å². The predicted molar refractivity (Wildman–Crippen MR) is 111 cm³/mol. The van der Waals surface area contributed by atoms with Crippen LogP contribution in [0.2, 0.25) is 0 Å². The van der Waals surface area contributed by atoms with Gasteiger partial charge in [-0.2, -0.15) is 0 Å². The van der Waals surface area contributed by atoms with Crippen molar-refractivity contribution < 1.29 is 23.8 Å². The van der Waals surface area contributed by atoms with Crippen molar-refractivity contribution in [3.8, 4) is 0 Å². The number of hydrogen-bond acceptors (Lipinski definition) is 7. The fourth-order valence-electron chi connectivity index (χ4n) is 2.85. The summed E-state index contributed by atoms with van der Waals surface area (Å²) in [6.07, 6.45) is 5.83.